The Hall–Kier alpha value is -2.16. The first-order chi connectivity index (χ1) is 9.89. The van der Waals surface area contributed by atoms with E-state index in [9.17, 15) is 17.8 Å². The normalized spacial score (nSPS) is 25.2. The topological polar surface area (TPSA) is 140 Å². The average Bonchev–Trinajstić information content (AvgIpc) is 2.98. The van der Waals surface area contributed by atoms with Crippen molar-refractivity contribution in [1.82, 2.24) is 15.1 Å². The van der Waals surface area contributed by atoms with E-state index in [0.717, 1.165) is 0 Å². The number of hydroxylamine groups is 2. The van der Waals surface area contributed by atoms with Crippen molar-refractivity contribution in [2.24, 2.45) is 0 Å². The van der Waals surface area contributed by atoms with Crippen molar-refractivity contribution in [3.8, 4) is 6.07 Å². The first-order valence-electron chi connectivity index (χ1n) is 6.01. The lowest BCUT2D eigenvalue weighted by Crippen LogP contribution is -2.35. The predicted octanol–water partition coefficient (Wildman–Crippen LogP) is -0.00832. The van der Waals surface area contributed by atoms with Crippen LogP contribution >= 0.6 is 0 Å². The quantitative estimate of drug-likeness (QED) is 0.560. The van der Waals surface area contributed by atoms with Gasteiger partial charge in [-0.25, -0.2) is 13.2 Å². The Morgan fingerprint density at radius 2 is 2.33 bits per heavy atom. The third-order valence-corrected chi connectivity index (χ3v) is 3.82. The molecule has 112 valence electrons. The van der Waals surface area contributed by atoms with E-state index in [1.165, 1.54) is 11.0 Å². The Labute approximate surface area is 120 Å². The van der Waals surface area contributed by atoms with Gasteiger partial charge >= 0.3 is 7.46 Å². The molecule has 0 radical (unpaired) electrons. The van der Waals surface area contributed by atoms with Gasteiger partial charge < -0.3 is 14.0 Å². The number of hydrogen-bond donors (Lipinski definition) is 0. The van der Waals surface area contributed by atoms with Crippen LogP contribution in [0.2, 0.25) is 0 Å². The third kappa shape index (κ3) is 2.44. The van der Waals surface area contributed by atoms with Crippen LogP contribution < -0.4 is 0 Å². The number of piperidine rings is 1. The summed E-state index contributed by atoms with van der Waals surface area (Å²) in [4.78, 5) is 13.5. The molecule has 3 heterocycles. The molecule has 0 unspecified atom stereocenters. The highest BCUT2D eigenvalue weighted by Crippen LogP contribution is 2.38. The zero-order valence-electron chi connectivity index (χ0n) is 11.5. The number of hydrogen-bond acceptors (Lipinski definition) is 8. The second kappa shape index (κ2) is 4.69. The predicted molar refractivity (Wildman–Crippen MR) is 62.8 cm³/mol. The summed E-state index contributed by atoms with van der Waals surface area (Å²) in [5.74, 6) is 0.0222. The van der Waals surface area contributed by atoms with Crippen LogP contribution in [0.15, 0.2) is 10.6 Å². The Kier molecular flexibility index (Phi) is 3.08. The Balaban J connectivity index is 0.00000176. The molecule has 1 aromatic heterocycles. The highest BCUT2D eigenvalue weighted by atomic mass is 32.3. The van der Waals surface area contributed by atoms with Crippen molar-refractivity contribution in [1.29, 1.82) is 5.26 Å². The molecule has 2 atom stereocenters. The van der Waals surface area contributed by atoms with E-state index < -0.39 is 28.5 Å². The largest absolute Gasteiger partial charge is 1.00 e. The number of carbonyl (C=O) groups is 1. The fourth-order valence-corrected chi connectivity index (χ4v) is 3.02. The molecule has 2 saturated heterocycles. The Morgan fingerprint density at radius 3 is 2.95 bits per heavy atom. The number of aromatic nitrogens is 1. The van der Waals surface area contributed by atoms with E-state index >= 15 is 0 Å². The Bertz CT molecular complexity index is 728. The average molecular weight is 314 g/mol. The van der Waals surface area contributed by atoms with Crippen molar-refractivity contribution in [3.63, 3.8) is 0 Å². The van der Waals surface area contributed by atoms with Gasteiger partial charge in [-0.3, -0.25) is 0 Å². The van der Waals surface area contributed by atoms with E-state index in [1.807, 2.05) is 0 Å². The van der Waals surface area contributed by atoms with Crippen LogP contribution in [0, 0.1) is 11.3 Å². The van der Waals surface area contributed by atoms with Crippen molar-refractivity contribution in [2.75, 3.05) is 6.54 Å². The van der Waals surface area contributed by atoms with Crippen molar-refractivity contribution in [2.45, 2.75) is 24.9 Å². The van der Waals surface area contributed by atoms with E-state index in [-0.39, 0.29) is 13.7 Å². The van der Waals surface area contributed by atoms with E-state index in [1.54, 1.807) is 6.07 Å². The second-order valence-electron chi connectivity index (χ2n) is 4.72. The first-order valence-corrected chi connectivity index (χ1v) is 7.34. The summed E-state index contributed by atoms with van der Waals surface area (Å²) >= 11 is 0. The number of amides is 2. The lowest BCUT2D eigenvalue weighted by Gasteiger charge is -2.28. The summed E-state index contributed by atoms with van der Waals surface area (Å²) in [6, 6.07) is 1.55. The number of rotatable bonds is 3. The van der Waals surface area contributed by atoms with Crippen LogP contribution in [0.3, 0.4) is 0 Å². The lowest BCUT2D eigenvalue weighted by molar-refractivity contribution is -0.0328. The van der Waals surface area contributed by atoms with Gasteiger partial charge in [0.25, 0.3) is 0 Å². The van der Waals surface area contributed by atoms with Gasteiger partial charge in [0.1, 0.15) is 11.8 Å². The molecule has 11 heteroatoms. The maximum atomic E-state index is 12.1. The van der Waals surface area contributed by atoms with Crippen molar-refractivity contribution < 1.29 is 28.0 Å². The number of nitriles is 1. The van der Waals surface area contributed by atoms with Gasteiger partial charge in [0.2, 0.25) is 16.2 Å². The van der Waals surface area contributed by atoms with Crippen LogP contribution in [0.5, 0.6) is 0 Å². The number of fused-ring (bicyclic) bond motifs is 2. The maximum Gasteiger partial charge on any atom is 1.00 e. The molecule has 0 N–H and O–H groups in total. The molecule has 2 fully saturated rings. The monoisotopic (exact) mass is 314 g/mol. The molecule has 2 bridgehead atoms. The van der Waals surface area contributed by atoms with Crippen LogP contribution in [-0.2, 0) is 14.7 Å². The molecule has 2 aliphatic rings. The fourth-order valence-electron chi connectivity index (χ4n) is 2.63. The zero-order valence-corrected chi connectivity index (χ0v) is 11.3. The molecule has 0 aromatic carbocycles. The van der Waals surface area contributed by atoms with Gasteiger partial charge in [-0.1, -0.05) is 5.16 Å². The number of urea groups is 1. The van der Waals surface area contributed by atoms with E-state index in [2.05, 4.69) is 9.44 Å². The van der Waals surface area contributed by atoms with Gasteiger partial charge in [-0.2, -0.15) is 14.6 Å². The van der Waals surface area contributed by atoms with Gasteiger partial charge in [-0.15, -0.1) is 0 Å². The summed E-state index contributed by atoms with van der Waals surface area (Å²) < 4.78 is 41.0. The molecule has 0 aliphatic carbocycles. The first kappa shape index (κ1) is 13.8. The van der Waals surface area contributed by atoms with Crippen molar-refractivity contribution >= 4 is 16.4 Å². The fraction of sp³-hybridized carbons (Fsp3) is 0.500. The molecular formula is C10H10N4O6S. The number of nitrogens with zero attached hydrogens (tertiary/aromatic N) is 4. The van der Waals surface area contributed by atoms with E-state index in [4.69, 9.17) is 9.78 Å². The van der Waals surface area contributed by atoms with Gasteiger partial charge in [-0.05, 0) is 12.8 Å². The van der Waals surface area contributed by atoms with Gasteiger partial charge in [0.15, 0.2) is 0 Å². The highest BCUT2D eigenvalue weighted by Gasteiger charge is 2.47. The van der Waals surface area contributed by atoms with Gasteiger partial charge in [0, 0.05) is 12.6 Å². The molecule has 10 nitrogen and oxygen atoms in total. The van der Waals surface area contributed by atoms with Crippen LogP contribution in [0.1, 0.15) is 31.8 Å². The molecule has 21 heavy (non-hydrogen) atoms. The summed E-state index contributed by atoms with van der Waals surface area (Å²) in [6.07, 6.45) is 0.934. The molecule has 2 amide bonds. The van der Waals surface area contributed by atoms with E-state index in [0.29, 0.717) is 23.6 Å². The standard InChI is InChI=1S/C10H10N4O6S/c11-4-7-3-8(12-19-7)9-2-1-6-5-13(9)10(15)14(6)20-21(16,17)18/h3,6,9H,1-2,5H2,(H,16,17,18)/t6-,9+/m1/s1. The molecular weight excluding hydrogens is 304 g/mol. The SMILES string of the molecule is N#Cc1cc([C@@H]2CC[C@@H]3CN2C(=O)N3OS(=O)(=O)[O-])no1.[H+]. The lowest BCUT2D eigenvalue weighted by atomic mass is 9.98. The van der Waals surface area contributed by atoms with Gasteiger partial charge in [0.05, 0.1) is 12.1 Å². The van der Waals surface area contributed by atoms with Crippen LogP contribution in [-0.4, -0.2) is 46.7 Å². The molecule has 3 rings (SSSR count). The molecule has 0 saturated carbocycles. The second-order valence-corrected chi connectivity index (χ2v) is 5.68. The minimum absolute atomic E-state index is 0. The molecule has 2 aliphatic heterocycles. The van der Waals surface area contributed by atoms with Crippen LogP contribution in [0.4, 0.5) is 4.79 Å². The summed E-state index contributed by atoms with van der Waals surface area (Å²) in [5, 5.41) is 13.0. The smallest absolute Gasteiger partial charge is 0.724 e. The molecule has 0 spiro atoms. The minimum atomic E-state index is -5.01. The zero-order chi connectivity index (χ0) is 15.2. The highest BCUT2D eigenvalue weighted by molar-refractivity contribution is 7.80. The van der Waals surface area contributed by atoms with Crippen molar-refractivity contribution in [3.05, 3.63) is 17.5 Å². The minimum Gasteiger partial charge on any atom is -0.724 e. The summed E-state index contributed by atoms with van der Waals surface area (Å²) in [7, 11) is -5.01. The van der Waals surface area contributed by atoms with Crippen LogP contribution in [0.25, 0.3) is 0 Å². The summed E-state index contributed by atoms with van der Waals surface area (Å²) in [5.41, 5.74) is 0.408. The number of carbonyl (C=O) groups excluding carboxylic acids is 1. The third-order valence-electron chi connectivity index (χ3n) is 3.47. The maximum absolute atomic E-state index is 12.1. The molecule has 1 aromatic rings. The summed E-state index contributed by atoms with van der Waals surface area (Å²) in [6.45, 7) is 0.216. The Morgan fingerprint density at radius 1 is 1.57 bits per heavy atom.